The predicted molar refractivity (Wildman–Crippen MR) is 119 cm³/mol. The zero-order valence-corrected chi connectivity index (χ0v) is 19.0. The van der Waals surface area contributed by atoms with Crippen molar-refractivity contribution in [2.75, 3.05) is 45.8 Å². The van der Waals surface area contributed by atoms with Gasteiger partial charge in [0.25, 0.3) is 11.8 Å². The van der Waals surface area contributed by atoms with Crippen molar-refractivity contribution in [1.29, 1.82) is 0 Å². The van der Waals surface area contributed by atoms with Gasteiger partial charge in [-0.1, -0.05) is 26.0 Å². The standard InChI is InChI=1S/C24H32N4O4/c1-17(2)21(28-22(30)18-8-4-5-9-19(18)23(28)31)24(32)27-14-12-25(13-15-27)16-20(29)26-10-6-3-7-11-26/h4-5,8-9,17,21H,3,6-7,10-16H2,1-2H3/t21-/m0/s1. The zero-order chi connectivity index (χ0) is 22.8. The minimum absolute atomic E-state index is 0.163. The molecule has 3 aliphatic rings. The number of nitrogens with zero attached hydrogens (tertiary/aromatic N) is 4. The van der Waals surface area contributed by atoms with E-state index in [4.69, 9.17) is 0 Å². The van der Waals surface area contributed by atoms with Crippen molar-refractivity contribution in [3.05, 3.63) is 35.4 Å². The second-order valence-corrected chi connectivity index (χ2v) is 9.26. The molecule has 8 heteroatoms. The van der Waals surface area contributed by atoms with E-state index in [1.165, 1.54) is 6.42 Å². The van der Waals surface area contributed by atoms with E-state index in [1.54, 1.807) is 29.2 Å². The first-order valence-electron chi connectivity index (χ1n) is 11.6. The Hall–Kier alpha value is -2.74. The number of likely N-dealkylation sites (tertiary alicyclic amines) is 1. The zero-order valence-electron chi connectivity index (χ0n) is 19.0. The lowest BCUT2D eigenvalue weighted by molar-refractivity contribution is -0.139. The molecule has 4 rings (SSSR count). The predicted octanol–water partition coefficient (Wildman–Crippen LogP) is 1.46. The van der Waals surface area contributed by atoms with Crippen LogP contribution in [0.5, 0.6) is 0 Å². The number of hydrogen-bond donors (Lipinski definition) is 0. The average molecular weight is 441 g/mol. The third-order valence-electron chi connectivity index (χ3n) is 6.74. The third kappa shape index (κ3) is 4.28. The van der Waals surface area contributed by atoms with Gasteiger partial charge in [-0.15, -0.1) is 0 Å². The van der Waals surface area contributed by atoms with Gasteiger partial charge < -0.3 is 9.80 Å². The summed E-state index contributed by atoms with van der Waals surface area (Å²) in [6.07, 6.45) is 3.33. The molecule has 1 aromatic rings. The van der Waals surface area contributed by atoms with Crippen LogP contribution in [0.25, 0.3) is 0 Å². The van der Waals surface area contributed by atoms with Gasteiger partial charge >= 0.3 is 0 Å². The van der Waals surface area contributed by atoms with Crippen molar-refractivity contribution < 1.29 is 19.2 Å². The number of amides is 4. The summed E-state index contributed by atoms with van der Waals surface area (Å²) >= 11 is 0. The molecule has 1 aromatic carbocycles. The van der Waals surface area contributed by atoms with Crippen molar-refractivity contribution in [2.45, 2.75) is 39.2 Å². The van der Waals surface area contributed by atoms with Gasteiger partial charge in [-0.25, -0.2) is 0 Å². The summed E-state index contributed by atoms with van der Waals surface area (Å²) in [5, 5.41) is 0. The summed E-state index contributed by atoms with van der Waals surface area (Å²) in [5.41, 5.74) is 0.717. The maximum Gasteiger partial charge on any atom is 0.262 e. The van der Waals surface area contributed by atoms with Crippen molar-refractivity contribution in [2.24, 2.45) is 5.92 Å². The molecule has 0 radical (unpaired) electrons. The van der Waals surface area contributed by atoms with E-state index in [-0.39, 0.29) is 17.7 Å². The summed E-state index contributed by atoms with van der Waals surface area (Å²) in [4.78, 5) is 58.8. The first-order chi connectivity index (χ1) is 15.4. The second kappa shape index (κ2) is 9.40. The Labute approximate surface area is 189 Å². The summed E-state index contributed by atoms with van der Waals surface area (Å²) in [7, 11) is 0. The van der Waals surface area contributed by atoms with E-state index in [2.05, 4.69) is 4.90 Å². The second-order valence-electron chi connectivity index (χ2n) is 9.26. The molecule has 0 spiro atoms. The molecule has 0 unspecified atom stereocenters. The number of carbonyl (C=O) groups is 4. The molecule has 1 atom stereocenters. The Morgan fingerprint density at radius 2 is 1.38 bits per heavy atom. The van der Waals surface area contributed by atoms with Crippen LogP contribution in [0.3, 0.4) is 0 Å². The van der Waals surface area contributed by atoms with Gasteiger partial charge in [-0.2, -0.15) is 0 Å². The molecule has 32 heavy (non-hydrogen) atoms. The number of fused-ring (bicyclic) bond motifs is 1. The Balaban J connectivity index is 1.38. The van der Waals surface area contributed by atoms with Crippen LogP contribution in [0.1, 0.15) is 53.8 Å². The van der Waals surface area contributed by atoms with Gasteiger partial charge in [0.1, 0.15) is 6.04 Å². The number of hydrogen-bond acceptors (Lipinski definition) is 5. The van der Waals surface area contributed by atoms with Crippen molar-refractivity contribution in [3.8, 4) is 0 Å². The van der Waals surface area contributed by atoms with Crippen molar-refractivity contribution in [3.63, 3.8) is 0 Å². The van der Waals surface area contributed by atoms with E-state index in [0.717, 1.165) is 30.8 Å². The molecule has 3 aliphatic heterocycles. The lowest BCUT2D eigenvalue weighted by atomic mass is 10.0. The highest BCUT2D eigenvalue weighted by atomic mass is 16.2. The normalized spacial score (nSPS) is 20.7. The van der Waals surface area contributed by atoms with Gasteiger partial charge in [0.05, 0.1) is 17.7 Å². The molecule has 2 saturated heterocycles. The molecular weight excluding hydrogens is 408 g/mol. The first-order valence-corrected chi connectivity index (χ1v) is 11.6. The quantitative estimate of drug-likeness (QED) is 0.648. The Bertz CT molecular complexity index is 866. The van der Waals surface area contributed by atoms with Crippen LogP contribution in [-0.2, 0) is 9.59 Å². The van der Waals surface area contributed by atoms with E-state index >= 15 is 0 Å². The number of benzene rings is 1. The fourth-order valence-corrected chi connectivity index (χ4v) is 4.90. The van der Waals surface area contributed by atoms with Gasteiger partial charge in [-0.3, -0.25) is 29.0 Å². The van der Waals surface area contributed by atoms with Crippen LogP contribution >= 0.6 is 0 Å². The molecule has 0 saturated carbocycles. The van der Waals surface area contributed by atoms with Crippen LogP contribution in [0.2, 0.25) is 0 Å². The summed E-state index contributed by atoms with van der Waals surface area (Å²) in [5.74, 6) is -1.04. The highest BCUT2D eigenvalue weighted by Gasteiger charge is 2.45. The number of rotatable bonds is 5. The highest BCUT2D eigenvalue weighted by molar-refractivity contribution is 6.22. The van der Waals surface area contributed by atoms with Crippen LogP contribution in [-0.4, -0.2) is 95.1 Å². The smallest absolute Gasteiger partial charge is 0.262 e. The van der Waals surface area contributed by atoms with Crippen LogP contribution in [0.15, 0.2) is 24.3 Å². The molecule has 4 amide bonds. The molecular formula is C24H32N4O4. The van der Waals surface area contributed by atoms with Crippen molar-refractivity contribution in [1.82, 2.24) is 19.6 Å². The molecule has 2 fully saturated rings. The number of piperazine rings is 1. The molecule has 172 valence electrons. The topological polar surface area (TPSA) is 81.2 Å². The maximum atomic E-state index is 13.4. The van der Waals surface area contributed by atoms with E-state index in [0.29, 0.717) is 43.9 Å². The number of piperidine rings is 1. The molecule has 0 aromatic heterocycles. The van der Waals surface area contributed by atoms with Crippen molar-refractivity contribution >= 4 is 23.6 Å². The fourth-order valence-electron chi connectivity index (χ4n) is 4.90. The maximum absolute atomic E-state index is 13.4. The van der Waals surface area contributed by atoms with E-state index < -0.39 is 17.9 Å². The molecule has 0 N–H and O–H groups in total. The van der Waals surface area contributed by atoms with Crippen LogP contribution < -0.4 is 0 Å². The summed E-state index contributed by atoms with van der Waals surface area (Å²) < 4.78 is 0. The lowest BCUT2D eigenvalue weighted by Crippen LogP contribution is -2.58. The first kappa shape index (κ1) is 22.5. The van der Waals surface area contributed by atoms with Crippen LogP contribution in [0, 0.1) is 5.92 Å². The van der Waals surface area contributed by atoms with Gasteiger partial charge in [0, 0.05) is 39.3 Å². The highest BCUT2D eigenvalue weighted by Crippen LogP contribution is 2.28. The average Bonchev–Trinajstić information content (AvgIpc) is 3.05. The van der Waals surface area contributed by atoms with E-state index in [9.17, 15) is 19.2 Å². The van der Waals surface area contributed by atoms with Gasteiger partial charge in [-0.05, 0) is 37.3 Å². The Morgan fingerprint density at radius 3 is 1.91 bits per heavy atom. The monoisotopic (exact) mass is 440 g/mol. The molecule has 0 aliphatic carbocycles. The summed E-state index contributed by atoms with van der Waals surface area (Å²) in [6, 6.07) is 5.89. The van der Waals surface area contributed by atoms with E-state index in [1.807, 2.05) is 18.7 Å². The third-order valence-corrected chi connectivity index (χ3v) is 6.74. The minimum Gasteiger partial charge on any atom is -0.342 e. The van der Waals surface area contributed by atoms with Gasteiger partial charge in [0.2, 0.25) is 11.8 Å². The minimum atomic E-state index is -0.830. The number of imide groups is 1. The summed E-state index contributed by atoms with van der Waals surface area (Å²) in [6.45, 7) is 7.97. The van der Waals surface area contributed by atoms with Gasteiger partial charge in [0.15, 0.2) is 0 Å². The molecule has 8 nitrogen and oxygen atoms in total. The fraction of sp³-hybridized carbons (Fsp3) is 0.583. The largest absolute Gasteiger partial charge is 0.342 e. The lowest BCUT2D eigenvalue weighted by Gasteiger charge is -2.39. The van der Waals surface area contributed by atoms with Crippen LogP contribution in [0.4, 0.5) is 0 Å². The Kier molecular flexibility index (Phi) is 6.60. The molecule has 0 bridgehead atoms. The Morgan fingerprint density at radius 1 is 0.812 bits per heavy atom. The molecule has 3 heterocycles. The SMILES string of the molecule is CC(C)[C@@H](C(=O)N1CCN(CC(=O)N2CCCCC2)CC1)N1C(=O)c2ccccc2C1=O. The number of carbonyl (C=O) groups excluding carboxylic acids is 4.